The molecule has 2 saturated heterocycles. The maximum Gasteiger partial charge on any atom is 0.409 e. The quantitative estimate of drug-likeness (QED) is 0.264. The predicted molar refractivity (Wildman–Crippen MR) is 182 cm³/mol. The summed E-state index contributed by atoms with van der Waals surface area (Å²) in [7, 11) is 0. The maximum atomic E-state index is 13.6. The monoisotopic (exact) mass is 695 g/mol. The number of nitrogens with zero attached hydrogens (tertiary/aromatic N) is 5. The van der Waals surface area contributed by atoms with Crippen molar-refractivity contribution in [3.63, 3.8) is 0 Å². The first-order valence-electron chi connectivity index (χ1n) is 17.6. The Hall–Kier alpha value is -4.66. The Morgan fingerprint density at radius 3 is 2.32 bits per heavy atom. The highest BCUT2D eigenvalue weighted by molar-refractivity contribution is 5.97. The molecule has 50 heavy (non-hydrogen) atoms. The third-order valence-electron chi connectivity index (χ3n) is 9.38. The zero-order chi connectivity index (χ0) is 35.8. The van der Waals surface area contributed by atoms with Crippen LogP contribution in [0.25, 0.3) is 5.69 Å². The zero-order valence-corrected chi connectivity index (χ0v) is 29.1. The third kappa shape index (κ3) is 8.92. The number of aliphatic hydroxyl groups is 1. The average Bonchev–Trinajstić information content (AvgIpc) is 3.76. The van der Waals surface area contributed by atoms with E-state index in [1.54, 1.807) is 29.2 Å². The number of para-hydroxylation sites is 1. The van der Waals surface area contributed by atoms with Gasteiger partial charge in [0.25, 0.3) is 11.8 Å². The Balaban J connectivity index is 1.25. The van der Waals surface area contributed by atoms with Crippen LogP contribution in [0.5, 0.6) is 5.88 Å². The number of carbonyl (C=O) groups excluding carboxylic acids is 5. The molecule has 1 saturated carbocycles. The molecule has 272 valence electrons. The van der Waals surface area contributed by atoms with E-state index >= 15 is 0 Å². The lowest BCUT2D eigenvalue weighted by Crippen LogP contribution is -2.61. The molecule has 15 heteroatoms. The second-order valence-corrected chi connectivity index (χ2v) is 13.6. The van der Waals surface area contributed by atoms with E-state index in [1.807, 2.05) is 13.0 Å². The van der Waals surface area contributed by atoms with Crippen LogP contribution in [0.1, 0.15) is 76.2 Å². The van der Waals surface area contributed by atoms with Gasteiger partial charge < -0.3 is 39.9 Å². The number of hydrogen-bond acceptors (Lipinski definition) is 9. The van der Waals surface area contributed by atoms with E-state index in [2.05, 4.69) is 15.7 Å². The molecular formula is C35H49N7O8. The van der Waals surface area contributed by atoms with Crippen LogP contribution >= 0.6 is 0 Å². The number of unbranched alkanes of at least 4 members (excludes halogenated alkanes) is 1. The Kier molecular flexibility index (Phi) is 12.0. The molecule has 0 radical (unpaired) electrons. The van der Waals surface area contributed by atoms with Crippen molar-refractivity contribution in [1.82, 2.24) is 35.1 Å². The molecular weight excluding hydrogens is 646 g/mol. The average molecular weight is 696 g/mol. The van der Waals surface area contributed by atoms with Gasteiger partial charge in [0.05, 0.1) is 17.9 Å². The van der Waals surface area contributed by atoms with Crippen molar-refractivity contribution in [2.45, 2.75) is 89.4 Å². The Morgan fingerprint density at radius 2 is 1.68 bits per heavy atom. The minimum Gasteiger partial charge on any atom is -0.467 e. The summed E-state index contributed by atoms with van der Waals surface area (Å²) in [4.78, 5) is 70.4. The summed E-state index contributed by atoms with van der Waals surface area (Å²) in [5.74, 6) is -1.63. The van der Waals surface area contributed by atoms with Crippen molar-refractivity contribution in [2.75, 3.05) is 45.9 Å². The molecule has 1 aromatic carbocycles. The van der Waals surface area contributed by atoms with Crippen LogP contribution in [-0.4, -0.2) is 129 Å². The number of nitrogens with one attached hydrogen (secondary N) is 2. The van der Waals surface area contributed by atoms with Gasteiger partial charge in [-0.05, 0) is 64.5 Å². The molecule has 2 aliphatic heterocycles. The lowest BCUT2D eigenvalue weighted by atomic mass is 9.93. The van der Waals surface area contributed by atoms with Crippen molar-refractivity contribution in [1.29, 1.82) is 0 Å². The van der Waals surface area contributed by atoms with E-state index in [4.69, 9.17) is 9.47 Å². The first kappa shape index (κ1) is 36.6. The van der Waals surface area contributed by atoms with Gasteiger partial charge in [0, 0.05) is 44.8 Å². The second-order valence-electron chi connectivity index (χ2n) is 13.6. The molecule has 5 rings (SSSR count). The van der Waals surface area contributed by atoms with Crippen LogP contribution in [0, 0.1) is 0 Å². The highest BCUT2D eigenvalue weighted by atomic mass is 16.6. The predicted octanol–water partition coefficient (Wildman–Crippen LogP) is 1.86. The van der Waals surface area contributed by atoms with Gasteiger partial charge in [-0.1, -0.05) is 31.5 Å². The lowest BCUT2D eigenvalue weighted by Gasteiger charge is -2.38. The molecule has 2 atom stereocenters. The Morgan fingerprint density at radius 1 is 0.980 bits per heavy atom. The van der Waals surface area contributed by atoms with E-state index in [9.17, 15) is 29.1 Å². The van der Waals surface area contributed by atoms with Crippen LogP contribution in [0.4, 0.5) is 4.79 Å². The molecule has 0 unspecified atom stereocenters. The number of amides is 5. The van der Waals surface area contributed by atoms with Gasteiger partial charge in [-0.15, -0.1) is 0 Å². The van der Waals surface area contributed by atoms with Gasteiger partial charge in [0.1, 0.15) is 12.1 Å². The normalized spacial score (nSPS) is 18.6. The summed E-state index contributed by atoms with van der Waals surface area (Å²) in [5, 5.41) is 21.1. The van der Waals surface area contributed by atoms with Crippen LogP contribution < -0.4 is 15.4 Å². The summed E-state index contributed by atoms with van der Waals surface area (Å²) in [6, 6.07) is 8.57. The van der Waals surface area contributed by atoms with Gasteiger partial charge >= 0.3 is 6.09 Å². The number of carbonyl (C=O) groups is 5. The fourth-order valence-electron chi connectivity index (χ4n) is 6.17. The van der Waals surface area contributed by atoms with Crippen molar-refractivity contribution in [3.8, 4) is 11.6 Å². The smallest absolute Gasteiger partial charge is 0.409 e. The molecule has 2 aromatic rings. The van der Waals surface area contributed by atoms with Crippen LogP contribution in [0.3, 0.4) is 0 Å². The molecule has 0 bridgehead atoms. The fraction of sp³-hybridized carbons (Fsp3) is 0.600. The van der Waals surface area contributed by atoms with Crippen LogP contribution in [0.15, 0.2) is 36.4 Å². The molecule has 3 N–H and O–H groups in total. The number of aromatic nitrogens is 2. The Labute approximate surface area is 292 Å². The highest BCUT2D eigenvalue weighted by Gasteiger charge is 2.40. The minimum absolute atomic E-state index is 0.100. The van der Waals surface area contributed by atoms with Gasteiger partial charge in [0.2, 0.25) is 17.7 Å². The zero-order valence-electron chi connectivity index (χ0n) is 29.1. The number of piperazine rings is 1. The topological polar surface area (TPSA) is 176 Å². The van der Waals surface area contributed by atoms with E-state index in [0.29, 0.717) is 31.7 Å². The standard InChI is InChI=1S/C35H49N7O8/c1-4-5-21-49-34(47)40-19-17-39(18-20-40)33(46)30(35(2,3)48)37-31(44)26-22-29(42(38-26)25-13-7-6-8-14-25)50-23-28(43)41-16-10-15-27(41)32(45)36-24-11-9-12-24/h6-8,13-14,22,24,27,30,48H,4-5,9-12,15-21,23H2,1-3H3,(H,36,45)(H,37,44)/t27-,30+/m0/s1. The summed E-state index contributed by atoms with van der Waals surface area (Å²) in [6.07, 6.45) is 5.53. The van der Waals surface area contributed by atoms with Crippen LogP contribution in [0.2, 0.25) is 0 Å². The minimum atomic E-state index is -1.64. The molecule has 15 nitrogen and oxygen atoms in total. The fourth-order valence-corrected chi connectivity index (χ4v) is 6.17. The van der Waals surface area contributed by atoms with Crippen LogP contribution in [-0.2, 0) is 19.1 Å². The van der Waals surface area contributed by atoms with Crippen molar-refractivity contribution >= 4 is 29.7 Å². The number of hydrogen-bond donors (Lipinski definition) is 3. The molecule has 3 heterocycles. The number of ether oxygens (including phenoxy) is 2. The maximum absolute atomic E-state index is 13.6. The number of rotatable bonds is 13. The van der Waals surface area contributed by atoms with Gasteiger partial charge in [-0.25, -0.2) is 9.48 Å². The summed E-state index contributed by atoms with van der Waals surface area (Å²) < 4.78 is 12.6. The van der Waals surface area contributed by atoms with Gasteiger partial charge in [0.15, 0.2) is 12.3 Å². The van der Waals surface area contributed by atoms with Gasteiger partial charge in [-0.3, -0.25) is 19.2 Å². The molecule has 5 amide bonds. The summed E-state index contributed by atoms with van der Waals surface area (Å²) >= 11 is 0. The molecule has 1 aliphatic carbocycles. The third-order valence-corrected chi connectivity index (χ3v) is 9.38. The first-order valence-corrected chi connectivity index (χ1v) is 17.6. The van der Waals surface area contributed by atoms with E-state index in [-0.39, 0.29) is 62.2 Å². The lowest BCUT2D eigenvalue weighted by molar-refractivity contribution is -0.140. The highest BCUT2D eigenvalue weighted by Crippen LogP contribution is 2.24. The van der Waals surface area contributed by atoms with Crippen molar-refractivity contribution in [2.24, 2.45) is 0 Å². The Bertz CT molecular complexity index is 1510. The SMILES string of the molecule is CCCCOC(=O)N1CCN(C(=O)[C@@H](NC(=O)c2cc(OCC(=O)N3CCC[C@H]3C(=O)NC3CCC3)n(-c3ccccc3)n2)C(C)(C)O)CC1. The van der Waals surface area contributed by atoms with Crippen molar-refractivity contribution < 1.29 is 38.6 Å². The summed E-state index contributed by atoms with van der Waals surface area (Å²) in [5.41, 5.74) is -1.18. The van der Waals surface area contributed by atoms with Gasteiger partial charge in [-0.2, -0.15) is 5.10 Å². The van der Waals surface area contributed by atoms with E-state index in [1.165, 1.54) is 34.4 Å². The largest absolute Gasteiger partial charge is 0.467 e. The second kappa shape index (κ2) is 16.4. The number of benzene rings is 1. The number of likely N-dealkylation sites (tertiary alicyclic amines) is 1. The molecule has 3 aliphatic rings. The van der Waals surface area contributed by atoms with E-state index < -0.39 is 35.6 Å². The van der Waals surface area contributed by atoms with E-state index in [0.717, 1.165) is 32.1 Å². The summed E-state index contributed by atoms with van der Waals surface area (Å²) in [6.45, 7) is 6.19. The van der Waals surface area contributed by atoms with Crippen molar-refractivity contribution in [3.05, 3.63) is 42.1 Å². The molecule has 1 aromatic heterocycles. The first-order chi connectivity index (χ1) is 24.0. The molecule has 0 spiro atoms. The molecule has 3 fully saturated rings.